The third kappa shape index (κ3) is 3.88. The molecule has 0 radical (unpaired) electrons. The number of anilines is 1. The van der Waals surface area contributed by atoms with Crippen LogP contribution in [0.5, 0.6) is 0 Å². The van der Waals surface area contributed by atoms with Gasteiger partial charge in [0.2, 0.25) is 11.7 Å². The molecule has 3 heterocycles. The monoisotopic (exact) mass is 379 g/mol. The Morgan fingerprint density at radius 3 is 2.93 bits per heavy atom. The van der Waals surface area contributed by atoms with Crippen LogP contribution in [-0.4, -0.2) is 46.7 Å². The second-order valence-corrected chi connectivity index (χ2v) is 6.39. The molecule has 1 unspecified atom stereocenters. The zero-order valence-electron chi connectivity index (χ0n) is 15.4. The van der Waals surface area contributed by atoms with Crippen molar-refractivity contribution >= 4 is 17.6 Å². The van der Waals surface area contributed by atoms with Crippen molar-refractivity contribution in [2.75, 3.05) is 18.5 Å². The summed E-state index contributed by atoms with van der Waals surface area (Å²) in [5, 5.41) is 13.5. The number of nitrogens with one attached hydrogen (secondary N) is 3. The first-order valence-electron chi connectivity index (χ1n) is 9.00. The van der Waals surface area contributed by atoms with E-state index in [9.17, 15) is 4.79 Å². The first kappa shape index (κ1) is 17.8. The average Bonchev–Trinajstić information content (AvgIpc) is 3.46. The van der Waals surface area contributed by atoms with Crippen LogP contribution in [0.25, 0.3) is 11.6 Å². The van der Waals surface area contributed by atoms with Gasteiger partial charge < -0.3 is 20.0 Å². The number of guanidine groups is 1. The van der Waals surface area contributed by atoms with Gasteiger partial charge >= 0.3 is 0 Å². The highest BCUT2D eigenvalue weighted by Crippen LogP contribution is 2.21. The van der Waals surface area contributed by atoms with E-state index in [4.69, 9.17) is 4.42 Å². The van der Waals surface area contributed by atoms with E-state index in [2.05, 4.69) is 30.8 Å². The molecule has 0 spiro atoms. The van der Waals surface area contributed by atoms with Gasteiger partial charge in [0.1, 0.15) is 5.82 Å². The molecule has 4 rings (SSSR count). The summed E-state index contributed by atoms with van der Waals surface area (Å²) in [6, 6.07) is 13.2. The zero-order chi connectivity index (χ0) is 19.3. The van der Waals surface area contributed by atoms with Gasteiger partial charge in [-0.25, -0.2) is 4.98 Å². The van der Waals surface area contributed by atoms with Crippen LogP contribution in [0.4, 0.5) is 5.69 Å². The number of rotatable bonds is 5. The molecule has 0 saturated carbocycles. The summed E-state index contributed by atoms with van der Waals surface area (Å²) in [7, 11) is 1.69. The van der Waals surface area contributed by atoms with Crippen molar-refractivity contribution in [2.24, 2.45) is 4.99 Å². The third-order valence-corrected chi connectivity index (χ3v) is 4.45. The lowest BCUT2D eigenvalue weighted by Gasteiger charge is -2.18. The number of carbonyl (C=O) groups is 1. The minimum Gasteiger partial charge on any atom is -0.461 e. The first-order valence-corrected chi connectivity index (χ1v) is 9.00. The summed E-state index contributed by atoms with van der Waals surface area (Å²) < 4.78 is 5.29. The number of furan rings is 1. The molecule has 0 aliphatic carbocycles. The predicted octanol–water partition coefficient (Wildman–Crippen LogP) is 1.54. The average molecular weight is 379 g/mol. The fraction of sp³-hybridized carbons (Fsp3) is 0.263. The van der Waals surface area contributed by atoms with Gasteiger partial charge in [-0.3, -0.25) is 14.9 Å². The number of hydrogen-bond donors (Lipinski definition) is 3. The zero-order valence-corrected chi connectivity index (χ0v) is 15.4. The van der Waals surface area contributed by atoms with E-state index in [-0.39, 0.29) is 11.9 Å². The number of aliphatic imine (C=N–C) groups is 1. The van der Waals surface area contributed by atoms with Crippen molar-refractivity contribution in [3.63, 3.8) is 0 Å². The molecule has 9 nitrogen and oxygen atoms in total. The van der Waals surface area contributed by atoms with E-state index in [1.165, 1.54) is 0 Å². The Kier molecular flexibility index (Phi) is 5.05. The quantitative estimate of drug-likeness (QED) is 0.458. The van der Waals surface area contributed by atoms with Crippen LogP contribution in [0.15, 0.2) is 58.1 Å². The highest BCUT2D eigenvalue weighted by Gasteiger charge is 2.31. The Morgan fingerprint density at radius 1 is 1.32 bits per heavy atom. The Balaban J connectivity index is 1.32. The normalized spacial score (nSPS) is 17.2. The van der Waals surface area contributed by atoms with Crippen LogP contribution in [0, 0.1) is 0 Å². The minimum atomic E-state index is -0.0210. The molecule has 9 heteroatoms. The van der Waals surface area contributed by atoms with Gasteiger partial charge in [0.15, 0.2) is 11.7 Å². The molecule has 28 heavy (non-hydrogen) atoms. The number of hydrogen-bond acceptors (Lipinski definition) is 5. The lowest BCUT2D eigenvalue weighted by molar-refractivity contribution is -0.117. The molecule has 2 aromatic heterocycles. The van der Waals surface area contributed by atoms with Crippen LogP contribution >= 0.6 is 0 Å². The topological polar surface area (TPSA) is 111 Å². The molecule has 1 atom stereocenters. The van der Waals surface area contributed by atoms with E-state index >= 15 is 0 Å². The van der Waals surface area contributed by atoms with Crippen LogP contribution < -0.4 is 15.5 Å². The molecule has 1 amide bonds. The SMILES string of the molecule is CN=C(NCc1nc(-c2ccco2)n[nH]1)NC1CC(=O)N(c2ccccc2)C1. The lowest BCUT2D eigenvalue weighted by atomic mass is 10.2. The number of aromatic nitrogens is 3. The molecule has 1 aliphatic heterocycles. The summed E-state index contributed by atoms with van der Waals surface area (Å²) in [5.74, 6) is 2.46. The second kappa shape index (κ2) is 7.95. The van der Waals surface area contributed by atoms with Crippen molar-refractivity contribution in [1.82, 2.24) is 25.8 Å². The Labute approximate surface area is 161 Å². The fourth-order valence-corrected chi connectivity index (χ4v) is 3.11. The standard InChI is InChI=1S/C19H21N7O2/c1-20-19(21-11-16-23-18(25-24-16)15-8-5-9-28-15)22-13-10-17(27)26(12-13)14-6-3-2-4-7-14/h2-9,13H,10-12H2,1H3,(H2,20,21,22)(H,23,24,25). The third-order valence-electron chi connectivity index (χ3n) is 4.45. The van der Waals surface area contributed by atoms with Crippen LogP contribution in [0.2, 0.25) is 0 Å². The van der Waals surface area contributed by atoms with E-state index in [1.807, 2.05) is 30.3 Å². The number of para-hydroxylation sites is 1. The van der Waals surface area contributed by atoms with Crippen LogP contribution in [0.1, 0.15) is 12.2 Å². The summed E-state index contributed by atoms with van der Waals surface area (Å²) >= 11 is 0. The summed E-state index contributed by atoms with van der Waals surface area (Å²) in [6.07, 6.45) is 2.00. The maximum absolute atomic E-state index is 12.3. The van der Waals surface area contributed by atoms with Gasteiger partial charge in [-0.05, 0) is 24.3 Å². The molecule has 1 saturated heterocycles. The van der Waals surface area contributed by atoms with Gasteiger partial charge in [-0.1, -0.05) is 18.2 Å². The number of nitrogens with zero attached hydrogens (tertiary/aromatic N) is 4. The van der Waals surface area contributed by atoms with Gasteiger partial charge in [-0.2, -0.15) is 0 Å². The molecule has 0 bridgehead atoms. The van der Waals surface area contributed by atoms with Crippen molar-refractivity contribution in [3.05, 3.63) is 54.6 Å². The summed E-state index contributed by atoms with van der Waals surface area (Å²) in [4.78, 5) is 22.7. The van der Waals surface area contributed by atoms with E-state index < -0.39 is 0 Å². The fourth-order valence-electron chi connectivity index (χ4n) is 3.11. The van der Waals surface area contributed by atoms with Gasteiger partial charge in [0.05, 0.1) is 18.8 Å². The highest BCUT2D eigenvalue weighted by molar-refractivity contribution is 5.97. The number of carbonyl (C=O) groups excluding carboxylic acids is 1. The summed E-state index contributed by atoms with van der Waals surface area (Å²) in [5.41, 5.74) is 0.909. The Bertz CT molecular complexity index is 950. The van der Waals surface area contributed by atoms with E-state index in [0.29, 0.717) is 42.9 Å². The molecule has 3 N–H and O–H groups in total. The Hall–Kier alpha value is -3.62. The lowest BCUT2D eigenvalue weighted by Crippen LogP contribution is -2.44. The minimum absolute atomic E-state index is 0.0210. The molecule has 3 aromatic rings. The van der Waals surface area contributed by atoms with Gasteiger partial charge in [-0.15, -0.1) is 5.10 Å². The van der Waals surface area contributed by atoms with E-state index in [0.717, 1.165) is 5.69 Å². The van der Waals surface area contributed by atoms with Crippen molar-refractivity contribution < 1.29 is 9.21 Å². The summed E-state index contributed by atoms with van der Waals surface area (Å²) in [6.45, 7) is 1.00. The molecule has 1 aromatic carbocycles. The number of amides is 1. The number of aromatic amines is 1. The highest BCUT2D eigenvalue weighted by atomic mass is 16.3. The van der Waals surface area contributed by atoms with Crippen LogP contribution in [-0.2, 0) is 11.3 Å². The maximum Gasteiger partial charge on any atom is 0.229 e. The Morgan fingerprint density at radius 2 is 2.18 bits per heavy atom. The molecule has 1 aliphatic rings. The van der Waals surface area contributed by atoms with Gasteiger partial charge in [0, 0.05) is 25.7 Å². The molecule has 1 fully saturated rings. The van der Waals surface area contributed by atoms with Crippen molar-refractivity contribution in [3.8, 4) is 11.6 Å². The predicted molar refractivity (Wildman–Crippen MR) is 105 cm³/mol. The van der Waals surface area contributed by atoms with Crippen LogP contribution in [0.3, 0.4) is 0 Å². The smallest absolute Gasteiger partial charge is 0.229 e. The first-order chi connectivity index (χ1) is 13.7. The van der Waals surface area contributed by atoms with Gasteiger partial charge in [0.25, 0.3) is 0 Å². The number of H-pyrrole nitrogens is 1. The van der Waals surface area contributed by atoms with Crippen molar-refractivity contribution in [2.45, 2.75) is 19.0 Å². The molecular weight excluding hydrogens is 358 g/mol. The largest absolute Gasteiger partial charge is 0.461 e. The number of benzene rings is 1. The van der Waals surface area contributed by atoms with Crippen molar-refractivity contribution in [1.29, 1.82) is 0 Å². The second-order valence-electron chi connectivity index (χ2n) is 6.39. The van der Waals surface area contributed by atoms with E-state index in [1.54, 1.807) is 30.3 Å². The molecule has 144 valence electrons. The molecular formula is C19H21N7O2. The maximum atomic E-state index is 12.3.